The van der Waals surface area contributed by atoms with Crippen molar-refractivity contribution in [2.24, 2.45) is 5.92 Å². The first-order chi connectivity index (χ1) is 18.8. The van der Waals surface area contributed by atoms with E-state index in [1.165, 1.54) is 16.8 Å². The fourth-order valence-electron chi connectivity index (χ4n) is 5.60. The number of hydrogen-bond acceptors (Lipinski definition) is 6. The first-order valence-electron chi connectivity index (χ1n) is 13.0. The summed E-state index contributed by atoms with van der Waals surface area (Å²) in [6, 6.07) is 12.0. The van der Waals surface area contributed by atoms with E-state index in [9.17, 15) is 18.8 Å². The standard InChI is InChI=1S/C29H29F2N3O5/c1-17(2)14-23(36)38-16-39-28-22(35)15-32-34-26(21-12-7-13-33(21)29(37)27(28)34)24(18-8-4-3-5-9-18)19-10-6-11-20(30)25(19)31/h3-6,8-11,15,17,21,24,26H,7,12-14,16H2,1-2H3/t21-,24-,26-/m1/s1. The Morgan fingerprint density at radius 2 is 1.87 bits per heavy atom. The molecule has 3 aromatic rings. The Kier molecular flexibility index (Phi) is 7.45. The molecule has 0 bridgehead atoms. The van der Waals surface area contributed by atoms with E-state index in [2.05, 4.69) is 5.10 Å². The molecular weight excluding hydrogens is 508 g/mol. The number of amides is 1. The zero-order chi connectivity index (χ0) is 27.7. The van der Waals surface area contributed by atoms with Gasteiger partial charge in [-0.2, -0.15) is 5.10 Å². The molecule has 0 unspecified atom stereocenters. The minimum Gasteiger partial charge on any atom is -0.451 e. The molecule has 8 nitrogen and oxygen atoms in total. The number of fused-ring (bicyclic) bond motifs is 2. The fraction of sp³-hybridized carbons (Fsp3) is 0.379. The maximum Gasteiger partial charge on any atom is 0.308 e. The number of aromatic nitrogens is 2. The second-order valence-corrected chi connectivity index (χ2v) is 10.2. The Hall–Kier alpha value is -4.08. The highest BCUT2D eigenvalue weighted by Crippen LogP contribution is 2.46. The van der Waals surface area contributed by atoms with Crippen LogP contribution in [0, 0.1) is 17.6 Å². The number of ether oxygens (including phenoxy) is 2. The molecule has 1 aromatic heterocycles. The van der Waals surface area contributed by atoms with Crippen LogP contribution in [-0.2, 0) is 9.53 Å². The lowest BCUT2D eigenvalue weighted by Gasteiger charge is -2.42. The second kappa shape index (κ2) is 11.0. The van der Waals surface area contributed by atoms with Crippen molar-refractivity contribution >= 4 is 11.9 Å². The summed E-state index contributed by atoms with van der Waals surface area (Å²) in [5.41, 5.74) is 0.0519. The number of carbonyl (C=O) groups is 2. The molecule has 0 radical (unpaired) electrons. The average molecular weight is 538 g/mol. The molecule has 2 aromatic carbocycles. The Bertz CT molecular complexity index is 1440. The number of esters is 1. The molecule has 1 fully saturated rings. The van der Waals surface area contributed by atoms with Crippen molar-refractivity contribution in [1.82, 2.24) is 14.7 Å². The van der Waals surface area contributed by atoms with Gasteiger partial charge in [-0.3, -0.25) is 19.1 Å². The van der Waals surface area contributed by atoms with Gasteiger partial charge in [-0.25, -0.2) is 8.78 Å². The normalized spacial score (nSPS) is 19.0. The predicted octanol–water partition coefficient (Wildman–Crippen LogP) is 4.44. The topological polar surface area (TPSA) is 90.7 Å². The zero-order valence-electron chi connectivity index (χ0n) is 21.7. The molecule has 39 heavy (non-hydrogen) atoms. The first kappa shape index (κ1) is 26.5. The Morgan fingerprint density at radius 1 is 1.10 bits per heavy atom. The van der Waals surface area contributed by atoms with Crippen LogP contribution in [0.5, 0.6) is 5.75 Å². The van der Waals surface area contributed by atoms with E-state index in [1.54, 1.807) is 17.0 Å². The van der Waals surface area contributed by atoms with Crippen molar-refractivity contribution in [2.75, 3.05) is 13.3 Å². The smallest absolute Gasteiger partial charge is 0.308 e. The Labute approximate surface area is 224 Å². The molecule has 3 heterocycles. The Balaban J connectivity index is 1.64. The average Bonchev–Trinajstić information content (AvgIpc) is 3.40. The summed E-state index contributed by atoms with van der Waals surface area (Å²) in [4.78, 5) is 40.2. The van der Waals surface area contributed by atoms with Crippen LogP contribution in [0.15, 0.2) is 59.5 Å². The van der Waals surface area contributed by atoms with E-state index < -0.39 is 47.7 Å². The summed E-state index contributed by atoms with van der Waals surface area (Å²) in [7, 11) is 0. The number of halogens is 2. The van der Waals surface area contributed by atoms with E-state index in [1.807, 2.05) is 32.0 Å². The summed E-state index contributed by atoms with van der Waals surface area (Å²) >= 11 is 0. The van der Waals surface area contributed by atoms with Crippen LogP contribution >= 0.6 is 0 Å². The highest BCUT2D eigenvalue weighted by molar-refractivity contribution is 5.96. The van der Waals surface area contributed by atoms with Crippen molar-refractivity contribution in [3.63, 3.8) is 0 Å². The molecule has 10 heteroatoms. The van der Waals surface area contributed by atoms with Crippen LogP contribution in [0.1, 0.15) is 66.7 Å². The molecule has 5 rings (SSSR count). The van der Waals surface area contributed by atoms with Crippen LogP contribution < -0.4 is 10.2 Å². The number of rotatable bonds is 8. The SMILES string of the molecule is CC(C)CC(=O)OCOc1c2n(ncc1=O)[C@@H]([C@H](c1ccccc1)c1cccc(F)c1F)[C@H]1CCCN1C2=O. The van der Waals surface area contributed by atoms with E-state index in [-0.39, 0.29) is 35.4 Å². The number of benzene rings is 2. The monoisotopic (exact) mass is 537 g/mol. The van der Waals surface area contributed by atoms with Crippen molar-refractivity contribution in [1.29, 1.82) is 0 Å². The molecule has 2 aliphatic heterocycles. The number of hydrogen-bond donors (Lipinski definition) is 0. The van der Waals surface area contributed by atoms with Crippen LogP contribution in [0.25, 0.3) is 0 Å². The van der Waals surface area contributed by atoms with Crippen molar-refractivity contribution in [3.05, 3.63) is 93.4 Å². The van der Waals surface area contributed by atoms with Gasteiger partial charge in [0.2, 0.25) is 18.0 Å². The van der Waals surface area contributed by atoms with Gasteiger partial charge in [0, 0.05) is 24.4 Å². The van der Waals surface area contributed by atoms with Crippen molar-refractivity contribution in [3.8, 4) is 5.75 Å². The molecule has 0 N–H and O–H groups in total. The first-order valence-corrected chi connectivity index (χ1v) is 13.0. The fourth-order valence-corrected chi connectivity index (χ4v) is 5.60. The van der Waals surface area contributed by atoms with E-state index in [4.69, 9.17) is 9.47 Å². The molecule has 3 atom stereocenters. The lowest BCUT2D eigenvalue weighted by atomic mass is 9.79. The van der Waals surface area contributed by atoms with Gasteiger partial charge in [0.1, 0.15) is 0 Å². The summed E-state index contributed by atoms with van der Waals surface area (Å²) in [6.07, 6.45) is 2.52. The van der Waals surface area contributed by atoms with Gasteiger partial charge >= 0.3 is 5.97 Å². The lowest BCUT2D eigenvalue weighted by Crippen LogP contribution is -2.51. The maximum absolute atomic E-state index is 15.4. The molecule has 2 aliphatic rings. The second-order valence-electron chi connectivity index (χ2n) is 10.2. The summed E-state index contributed by atoms with van der Waals surface area (Å²) in [6.45, 7) is 3.60. The third kappa shape index (κ3) is 5.03. The Morgan fingerprint density at radius 3 is 2.62 bits per heavy atom. The van der Waals surface area contributed by atoms with E-state index in [0.717, 1.165) is 12.3 Å². The minimum absolute atomic E-state index is 0.0735. The lowest BCUT2D eigenvalue weighted by molar-refractivity contribution is -0.151. The van der Waals surface area contributed by atoms with Gasteiger partial charge < -0.3 is 14.4 Å². The predicted molar refractivity (Wildman–Crippen MR) is 137 cm³/mol. The highest BCUT2D eigenvalue weighted by Gasteiger charge is 2.48. The van der Waals surface area contributed by atoms with Gasteiger partial charge in [-0.05, 0) is 30.4 Å². The molecule has 1 amide bonds. The van der Waals surface area contributed by atoms with Crippen LogP contribution in [0.3, 0.4) is 0 Å². The maximum atomic E-state index is 15.4. The molecule has 0 saturated carbocycles. The summed E-state index contributed by atoms with van der Waals surface area (Å²) in [5.74, 6) is -3.88. The molecule has 1 saturated heterocycles. The van der Waals surface area contributed by atoms with Crippen LogP contribution in [0.4, 0.5) is 8.78 Å². The van der Waals surface area contributed by atoms with Crippen molar-refractivity contribution < 1.29 is 27.8 Å². The minimum atomic E-state index is -0.982. The van der Waals surface area contributed by atoms with E-state index in [0.29, 0.717) is 24.9 Å². The van der Waals surface area contributed by atoms with Crippen LogP contribution in [0.2, 0.25) is 0 Å². The van der Waals surface area contributed by atoms with Gasteiger partial charge in [0.15, 0.2) is 17.3 Å². The van der Waals surface area contributed by atoms with Gasteiger partial charge in [0.05, 0.1) is 18.3 Å². The molecule has 204 valence electrons. The van der Waals surface area contributed by atoms with E-state index >= 15 is 4.39 Å². The number of carbonyl (C=O) groups excluding carboxylic acids is 2. The molecule has 0 aliphatic carbocycles. The summed E-state index contributed by atoms with van der Waals surface area (Å²) in [5, 5.41) is 4.33. The third-order valence-electron chi connectivity index (χ3n) is 7.22. The van der Waals surface area contributed by atoms with Gasteiger partial charge in [-0.1, -0.05) is 56.3 Å². The summed E-state index contributed by atoms with van der Waals surface area (Å²) < 4.78 is 42.0. The molecule has 0 spiro atoms. The van der Waals surface area contributed by atoms with Gasteiger partial charge in [0.25, 0.3) is 5.91 Å². The zero-order valence-corrected chi connectivity index (χ0v) is 21.7. The third-order valence-corrected chi connectivity index (χ3v) is 7.22. The molecular formula is C29H29F2N3O5. The highest BCUT2D eigenvalue weighted by atomic mass is 19.2. The largest absolute Gasteiger partial charge is 0.451 e. The van der Waals surface area contributed by atoms with Crippen molar-refractivity contribution in [2.45, 2.75) is 51.1 Å². The number of nitrogens with zero attached hydrogens (tertiary/aromatic N) is 3. The quantitative estimate of drug-likeness (QED) is 0.312. The van der Waals surface area contributed by atoms with Crippen LogP contribution in [-0.4, -0.2) is 45.9 Å². The van der Waals surface area contributed by atoms with Gasteiger partial charge in [-0.15, -0.1) is 0 Å².